The highest BCUT2D eigenvalue weighted by molar-refractivity contribution is 6.20. The van der Waals surface area contributed by atoms with Crippen LogP contribution < -0.4 is 0 Å². The van der Waals surface area contributed by atoms with Crippen LogP contribution in [0.15, 0.2) is 36.7 Å². The molecule has 5 heteroatoms. The van der Waals surface area contributed by atoms with Gasteiger partial charge in [-0.1, -0.05) is 0 Å². The van der Waals surface area contributed by atoms with Crippen LogP contribution in [-0.2, 0) is 6.54 Å². The van der Waals surface area contributed by atoms with E-state index >= 15 is 0 Å². The molecule has 3 heterocycles. The van der Waals surface area contributed by atoms with Crippen LogP contribution in [0.5, 0.6) is 0 Å². The van der Waals surface area contributed by atoms with Gasteiger partial charge in [-0.3, -0.25) is 4.98 Å². The number of imidazole rings is 1. The van der Waals surface area contributed by atoms with Gasteiger partial charge in [0.15, 0.2) is 5.65 Å². The van der Waals surface area contributed by atoms with Gasteiger partial charge < -0.3 is 4.57 Å². The van der Waals surface area contributed by atoms with Crippen molar-refractivity contribution in [1.82, 2.24) is 19.5 Å². The Bertz CT molecular complexity index is 734. The van der Waals surface area contributed by atoms with Crippen molar-refractivity contribution in [2.45, 2.75) is 25.8 Å². The van der Waals surface area contributed by atoms with Crippen LogP contribution in [0.2, 0.25) is 0 Å². The standard InChI is InChI=1S/C15H15ClN4/c1-10-3-4-13-15(18-10)20(14(19-13)11(2)16)9-12-5-7-17-8-6-12/h3-8,11H,9H2,1-2H3. The molecule has 3 aromatic heterocycles. The van der Waals surface area contributed by atoms with E-state index in [1.165, 1.54) is 0 Å². The zero-order valence-corrected chi connectivity index (χ0v) is 12.2. The lowest BCUT2D eigenvalue weighted by Crippen LogP contribution is -2.06. The minimum Gasteiger partial charge on any atom is -0.307 e. The molecule has 0 amide bonds. The Morgan fingerprint density at radius 1 is 1.15 bits per heavy atom. The summed E-state index contributed by atoms with van der Waals surface area (Å²) in [6.45, 7) is 4.60. The third-order valence-corrected chi connectivity index (χ3v) is 3.40. The molecule has 0 spiro atoms. The molecule has 3 aromatic rings. The number of aromatic nitrogens is 4. The van der Waals surface area contributed by atoms with Crippen molar-refractivity contribution in [2.24, 2.45) is 0 Å². The number of hydrogen-bond donors (Lipinski definition) is 0. The van der Waals surface area contributed by atoms with Gasteiger partial charge >= 0.3 is 0 Å². The maximum absolute atomic E-state index is 6.26. The largest absolute Gasteiger partial charge is 0.307 e. The highest BCUT2D eigenvalue weighted by Gasteiger charge is 2.16. The van der Waals surface area contributed by atoms with Gasteiger partial charge in [0.1, 0.15) is 11.3 Å². The molecule has 0 bridgehead atoms. The number of hydrogen-bond acceptors (Lipinski definition) is 3. The molecule has 0 aliphatic heterocycles. The van der Waals surface area contributed by atoms with Crippen molar-refractivity contribution in [1.29, 1.82) is 0 Å². The lowest BCUT2D eigenvalue weighted by molar-refractivity contribution is 0.734. The normalized spacial score (nSPS) is 12.8. The van der Waals surface area contributed by atoms with E-state index in [4.69, 9.17) is 11.6 Å². The minimum absolute atomic E-state index is 0.161. The Balaban J connectivity index is 2.15. The Morgan fingerprint density at radius 3 is 2.60 bits per heavy atom. The SMILES string of the molecule is Cc1ccc2nc(C(C)Cl)n(Cc3ccncc3)c2n1. The van der Waals surface area contributed by atoms with Crippen molar-refractivity contribution in [3.63, 3.8) is 0 Å². The Hall–Kier alpha value is -1.94. The Labute approximate surface area is 122 Å². The quantitative estimate of drug-likeness (QED) is 0.692. The average Bonchev–Trinajstić information content (AvgIpc) is 2.78. The fraction of sp³-hybridized carbons (Fsp3) is 0.267. The lowest BCUT2D eigenvalue weighted by Gasteiger charge is -2.10. The van der Waals surface area contributed by atoms with Gasteiger partial charge in [-0.15, -0.1) is 11.6 Å². The smallest absolute Gasteiger partial charge is 0.160 e. The number of pyridine rings is 2. The number of aryl methyl sites for hydroxylation is 1. The van der Waals surface area contributed by atoms with E-state index < -0.39 is 0 Å². The zero-order chi connectivity index (χ0) is 14.1. The summed E-state index contributed by atoms with van der Waals surface area (Å²) >= 11 is 6.26. The molecule has 1 atom stereocenters. The van der Waals surface area contributed by atoms with Gasteiger partial charge in [-0.2, -0.15) is 0 Å². The number of alkyl halides is 1. The van der Waals surface area contributed by atoms with E-state index in [0.29, 0.717) is 6.54 Å². The fourth-order valence-corrected chi connectivity index (χ4v) is 2.41. The van der Waals surface area contributed by atoms with Gasteiger partial charge in [-0.05, 0) is 43.7 Å². The first-order valence-electron chi connectivity index (χ1n) is 6.52. The lowest BCUT2D eigenvalue weighted by atomic mass is 10.2. The second-order valence-electron chi connectivity index (χ2n) is 4.82. The number of halogens is 1. The molecular weight excluding hydrogens is 272 g/mol. The molecule has 20 heavy (non-hydrogen) atoms. The summed E-state index contributed by atoms with van der Waals surface area (Å²) < 4.78 is 2.08. The Morgan fingerprint density at radius 2 is 1.90 bits per heavy atom. The van der Waals surface area contributed by atoms with Crippen LogP contribution in [0.3, 0.4) is 0 Å². The molecule has 0 saturated carbocycles. The molecule has 0 N–H and O–H groups in total. The first-order valence-corrected chi connectivity index (χ1v) is 6.95. The summed E-state index contributed by atoms with van der Waals surface area (Å²) in [6, 6.07) is 7.94. The van der Waals surface area contributed by atoms with Crippen LogP contribution in [0.4, 0.5) is 0 Å². The maximum atomic E-state index is 6.26. The third kappa shape index (κ3) is 2.39. The summed E-state index contributed by atoms with van der Waals surface area (Å²) in [7, 11) is 0. The second-order valence-corrected chi connectivity index (χ2v) is 5.48. The molecule has 4 nitrogen and oxygen atoms in total. The molecule has 0 aliphatic rings. The van der Waals surface area contributed by atoms with Crippen LogP contribution >= 0.6 is 11.6 Å². The van der Waals surface area contributed by atoms with Crippen molar-refractivity contribution in [2.75, 3.05) is 0 Å². The highest BCUT2D eigenvalue weighted by Crippen LogP contribution is 2.24. The van der Waals surface area contributed by atoms with Crippen molar-refractivity contribution < 1.29 is 0 Å². The first-order chi connectivity index (χ1) is 9.65. The van der Waals surface area contributed by atoms with Crippen molar-refractivity contribution in [3.05, 3.63) is 53.7 Å². The first kappa shape index (κ1) is 13.1. The average molecular weight is 287 g/mol. The summed E-state index contributed by atoms with van der Waals surface area (Å²) in [6.07, 6.45) is 3.58. The number of rotatable bonds is 3. The van der Waals surface area contributed by atoms with Gasteiger partial charge in [0.05, 0.1) is 11.9 Å². The Kier molecular flexibility index (Phi) is 3.40. The van der Waals surface area contributed by atoms with E-state index in [1.807, 2.05) is 38.1 Å². The van der Waals surface area contributed by atoms with Crippen LogP contribution in [0.1, 0.15) is 29.4 Å². The summed E-state index contributed by atoms with van der Waals surface area (Å²) in [4.78, 5) is 13.2. The molecule has 1 unspecified atom stereocenters. The highest BCUT2D eigenvalue weighted by atomic mass is 35.5. The minimum atomic E-state index is -0.161. The van der Waals surface area contributed by atoms with Gasteiger partial charge in [0.2, 0.25) is 0 Å². The predicted molar refractivity (Wildman–Crippen MR) is 79.9 cm³/mol. The molecule has 102 valence electrons. The number of nitrogens with zero attached hydrogens (tertiary/aromatic N) is 4. The summed E-state index contributed by atoms with van der Waals surface area (Å²) in [5.74, 6) is 0.844. The molecule has 3 rings (SSSR count). The fourth-order valence-electron chi connectivity index (χ4n) is 2.24. The second kappa shape index (κ2) is 5.21. The van der Waals surface area contributed by atoms with E-state index in [-0.39, 0.29) is 5.38 Å². The van der Waals surface area contributed by atoms with Crippen molar-refractivity contribution >= 4 is 22.8 Å². The van der Waals surface area contributed by atoms with Gasteiger partial charge in [0.25, 0.3) is 0 Å². The summed E-state index contributed by atoms with van der Waals surface area (Å²) in [5.41, 5.74) is 3.89. The summed E-state index contributed by atoms with van der Waals surface area (Å²) in [5, 5.41) is -0.161. The number of fused-ring (bicyclic) bond motifs is 1. The van der Waals surface area contributed by atoms with E-state index in [9.17, 15) is 0 Å². The van der Waals surface area contributed by atoms with Crippen LogP contribution in [0.25, 0.3) is 11.2 Å². The van der Waals surface area contributed by atoms with Gasteiger partial charge in [-0.25, -0.2) is 9.97 Å². The van der Waals surface area contributed by atoms with E-state index in [0.717, 1.165) is 28.2 Å². The topological polar surface area (TPSA) is 43.6 Å². The van der Waals surface area contributed by atoms with Crippen molar-refractivity contribution in [3.8, 4) is 0 Å². The molecule has 0 fully saturated rings. The van der Waals surface area contributed by atoms with Crippen LogP contribution in [-0.4, -0.2) is 19.5 Å². The molecule has 0 aromatic carbocycles. The third-order valence-electron chi connectivity index (χ3n) is 3.21. The molecular formula is C15H15ClN4. The molecule has 0 saturated heterocycles. The monoisotopic (exact) mass is 286 g/mol. The van der Waals surface area contributed by atoms with E-state index in [2.05, 4.69) is 19.5 Å². The van der Waals surface area contributed by atoms with E-state index in [1.54, 1.807) is 12.4 Å². The molecule has 0 radical (unpaired) electrons. The molecule has 0 aliphatic carbocycles. The van der Waals surface area contributed by atoms with Gasteiger partial charge in [0, 0.05) is 18.1 Å². The van der Waals surface area contributed by atoms with Crippen LogP contribution in [0, 0.1) is 6.92 Å². The zero-order valence-electron chi connectivity index (χ0n) is 11.4. The predicted octanol–water partition coefficient (Wildman–Crippen LogP) is 3.48. The maximum Gasteiger partial charge on any atom is 0.160 e.